The van der Waals surface area contributed by atoms with Crippen LogP contribution in [0.4, 0.5) is 5.82 Å². The molecule has 2 aliphatic rings. The van der Waals surface area contributed by atoms with E-state index < -0.39 is 17.5 Å². The Balaban J connectivity index is 1.50. The molecule has 5 rings (SSSR count). The summed E-state index contributed by atoms with van der Waals surface area (Å²) in [7, 11) is 0. The highest BCUT2D eigenvalue weighted by molar-refractivity contribution is 5.99. The van der Waals surface area contributed by atoms with Gasteiger partial charge in [-0.3, -0.25) is 0 Å². The van der Waals surface area contributed by atoms with Crippen molar-refractivity contribution in [2.75, 3.05) is 24.6 Å². The molecule has 1 aromatic heterocycles. The molecule has 2 aromatic carbocycles. The zero-order chi connectivity index (χ0) is 20.9. The first-order chi connectivity index (χ1) is 14.6. The maximum absolute atomic E-state index is 12.1. The number of benzene rings is 2. The second kappa shape index (κ2) is 6.97. The molecule has 2 fully saturated rings. The fourth-order valence-corrected chi connectivity index (χ4v) is 5.21. The minimum absolute atomic E-state index is 0.0112. The van der Waals surface area contributed by atoms with Gasteiger partial charge in [-0.05, 0) is 17.4 Å². The standard InChI is InChI=1S/C23H22N2O5/c26-12-16-19(14-7-3-1-4-8-14)23(16)13-25(11-17(23)27)21-18(22(28)29)20(30-24-21)15-9-5-2-6-10-15/h1-10,16-17,19,26-27H,11-13H2,(H,28,29)/t16-,17-,19-,23-/m1/s1. The van der Waals surface area contributed by atoms with E-state index in [1.807, 2.05) is 36.4 Å². The van der Waals surface area contributed by atoms with Gasteiger partial charge in [0, 0.05) is 30.7 Å². The second-order valence-electron chi connectivity index (χ2n) is 8.07. The smallest absolute Gasteiger partial charge is 0.343 e. The van der Waals surface area contributed by atoms with Crippen molar-refractivity contribution in [3.63, 3.8) is 0 Å². The summed E-state index contributed by atoms with van der Waals surface area (Å²) in [5.41, 5.74) is 1.16. The Bertz CT molecular complexity index is 1070. The lowest BCUT2D eigenvalue weighted by atomic mass is 9.95. The van der Waals surface area contributed by atoms with Crippen molar-refractivity contribution < 1.29 is 24.6 Å². The third-order valence-electron chi connectivity index (χ3n) is 6.62. The highest BCUT2D eigenvalue weighted by Crippen LogP contribution is 2.69. The van der Waals surface area contributed by atoms with Crippen molar-refractivity contribution >= 4 is 11.8 Å². The number of carbonyl (C=O) groups is 1. The fraction of sp³-hybridized carbons (Fsp3) is 0.304. The highest BCUT2D eigenvalue weighted by Gasteiger charge is 2.71. The van der Waals surface area contributed by atoms with Crippen LogP contribution >= 0.6 is 0 Å². The molecule has 154 valence electrons. The van der Waals surface area contributed by atoms with Gasteiger partial charge in [0.15, 0.2) is 17.1 Å². The highest BCUT2D eigenvalue weighted by atomic mass is 16.5. The molecule has 0 unspecified atom stereocenters. The topological polar surface area (TPSA) is 107 Å². The van der Waals surface area contributed by atoms with E-state index in [-0.39, 0.29) is 42.1 Å². The van der Waals surface area contributed by atoms with Crippen LogP contribution in [0.3, 0.4) is 0 Å². The summed E-state index contributed by atoms with van der Waals surface area (Å²) < 4.78 is 5.44. The molecule has 0 bridgehead atoms. The first-order valence-electron chi connectivity index (χ1n) is 9.95. The van der Waals surface area contributed by atoms with Gasteiger partial charge in [-0.25, -0.2) is 4.79 Å². The maximum atomic E-state index is 12.1. The maximum Gasteiger partial charge on any atom is 0.343 e. The molecule has 1 saturated heterocycles. The number of aromatic carboxylic acids is 1. The van der Waals surface area contributed by atoms with Crippen LogP contribution in [0.5, 0.6) is 0 Å². The van der Waals surface area contributed by atoms with Crippen molar-refractivity contribution in [1.82, 2.24) is 5.16 Å². The quantitative estimate of drug-likeness (QED) is 0.598. The fourth-order valence-electron chi connectivity index (χ4n) is 5.21. The lowest BCUT2D eigenvalue weighted by Crippen LogP contribution is -2.23. The zero-order valence-corrected chi connectivity index (χ0v) is 16.2. The van der Waals surface area contributed by atoms with Crippen LogP contribution in [-0.2, 0) is 0 Å². The number of rotatable bonds is 5. The largest absolute Gasteiger partial charge is 0.477 e. The van der Waals surface area contributed by atoms with Crippen molar-refractivity contribution in [3.05, 3.63) is 71.8 Å². The van der Waals surface area contributed by atoms with Gasteiger partial charge in [0.1, 0.15) is 0 Å². The van der Waals surface area contributed by atoms with E-state index in [4.69, 9.17) is 4.52 Å². The minimum atomic E-state index is -1.13. The summed E-state index contributed by atoms with van der Waals surface area (Å²) in [6.07, 6.45) is -0.710. The Morgan fingerprint density at radius 3 is 2.43 bits per heavy atom. The van der Waals surface area contributed by atoms with Crippen molar-refractivity contribution in [2.24, 2.45) is 11.3 Å². The summed E-state index contributed by atoms with van der Waals surface area (Å²) in [5, 5.41) is 34.9. The lowest BCUT2D eigenvalue weighted by molar-refractivity contribution is 0.0697. The van der Waals surface area contributed by atoms with Crippen LogP contribution < -0.4 is 4.90 Å². The van der Waals surface area contributed by atoms with E-state index in [1.54, 1.807) is 29.2 Å². The van der Waals surface area contributed by atoms with E-state index in [0.29, 0.717) is 12.1 Å². The first kappa shape index (κ1) is 18.8. The molecular weight excluding hydrogens is 384 g/mol. The summed E-state index contributed by atoms with van der Waals surface area (Å²) in [6.45, 7) is 0.602. The molecule has 1 aliphatic carbocycles. The van der Waals surface area contributed by atoms with Gasteiger partial charge >= 0.3 is 5.97 Å². The molecule has 1 saturated carbocycles. The Hall–Kier alpha value is -3.16. The third-order valence-corrected chi connectivity index (χ3v) is 6.62. The molecule has 1 aliphatic heterocycles. The number of carboxylic acid groups (broad SMARTS) is 1. The molecule has 7 nitrogen and oxygen atoms in total. The summed E-state index contributed by atoms with van der Waals surface area (Å²) in [6, 6.07) is 18.8. The minimum Gasteiger partial charge on any atom is -0.477 e. The number of β-amino-alcohol motifs (C(OH)–C–C–N with tert-alkyl or cyclic N) is 1. The molecule has 0 amide bonds. The molecule has 1 spiro atoms. The SMILES string of the molecule is O=C(O)c1c(N2C[C@@H](O)[C@@]3(C2)[C@H](CO)[C@H]3c2ccccc2)noc1-c1ccccc1. The van der Waals surface area contributed by atoms with Gasteiger partial charge in [0.2, 0.25) is 0 Å². The number of hydrogen-bond donors (Lipinski definition) is 3. The summed E-state index contributed by atoms with van der Waals surface area (Å²) in [4.78, 5) is 13.8. The van der Waals surface area contributed by atoms with Crippen molar-refractivity contribution in [1.29, 1.82) is 0 Å². The first-order valence-corrected chi connectivity index (χ1v) is 9.95. The Morgan fingerprint density at radius 2 is 1.80 bits per heavy atom. The van der Waals surface area contributed by atoms with E-state index in [9.17, 15) is 20.1 Å². The number of aromatic nitrogens is 1. The number of aliphatic hydroxyl groups excluding tert-OH is 2. The molecule has 30 heavy (non-hydrogen) atoms. The van der Waals surface area contributed by atoms with Crippen LogP contribution in [0, 0.1) is 11.3 Å². The average Bonchev–Trinajstić information content (AvgIpc) is 3.03. The van der Waals surface area contributed by atoms with Crippen LogP contribution in [0.15, 0.2) is 65.2 Å². The number of anilines is 1. The molecular formula is C23H22N2O5. The molecule has 7 heteroatoms. The van der Waals surface area contributed by atoms with Gasteiger partial charge in [-0.2, -0.15) is 0 Å². The third kappa shape index (κ3) is 2.66. The molecule has 0 radical (unpaired) electrons. The molecule has 4 atom stereocenters. The van der Waals surface area contributed by atoms with E-state index in [0.717, 1.165) is 5.56 Å². The van der Waals surface area contributed by atoms with E-state index in [1.165, 1.54) is 0 Å². The number of aliphatic hydroxyl groups is 2. The number of nitrogens with zero attached hydrogens (tertiary/aromatic N) is 2. The molecule has 3 N–H and O–H groups in total. The summed E-state index contributed by atoms with van der Waals surface area (Å²) in [5.74, 6) is -0.795. The lowest BCUT2D eigenvalue weighted by Gasteiger charge is -2.16. The van der Waals surface area contributed by atoms with Gasteiger partial charge < -0.3 is 24.7 Å². The van der Waals surface area contributed by atoms with Gasteiger partial charge in [-0.15, -0.1) is 0 Å². The normalized spacial score (nSPS) is 27.5. The van der Waals surface area contributed by atoms with Crippen LogP contribution in [-0.4, -0.2) is 52.2 Å². The number of carboxylic acids is 1. The predicted octanol–water partition coefficient (Wildman–Crippen LogP) is 2.61. The predicted molar refractivity (Wildman–Crippen MR) is 109 cm³/mol. The van der Waals surface area contributed by atoms with Gasteiger partial charge in [0.05, 0.1) is 6.10 Å². The van der Waals surface area contributed by atoms with Crippen LogP contribution in [0.2, 0.25) is 0 Å². The van der Waals surface area contributed by atoms with Gasteiger partial charge in [0.25, 0.3) is 0 Å². The molecule has 2 heterocycles. The average molecular weight is 406 g/mol. The number of hydrogen-bond acceptors (Lipinski definition) is 6. The van der Waals surface area contributed by atoms with Crippen LogP contribution in [0.25, 0.3) is 11.3 Å². The Labute approximate surface area is 173 Å². The van der Waals surface area contributed by atoms with E-state index >= 15 is 0 Å². The molecule has 3 aromatic rings. The monoisotopic (exact) mass is 406 g/mol. The van der Waals surface area contributed by atoms with Crippen LogP contribution in [0.1, 0.15) is 21.8 Å². The second-order valence-corrected chi connectivity index (χ2v) is 8.07. The Kier molecular flexibility index (Phi) is 4.38. The summed E-state index contributed by atoms with van der Waals surface area (Å²) >= 11 is 0. The van der Waals surface area contributed by atoms with E-state index in [2.05, 4.69) is 5.16 Å². The van der Waals surface area contributed by atoms with Crippen molar-refractivity contribution in [2.45, 2.75) is 12.0 Å². The van der Waals surface area contributed by atoms with Crippen molar-refractivity contribution in [3.8, 4) is 11.3 Å². The Morgan fingerprint density at radius 1 is 1.13 bits per heavy atom. The zero-order valence-electron chi connectivity index (χ0n) is 16.2. The van der Waals surface area contributed by atoms with Gasteiger partial charge in [-0.1, -0.05) is 65.8 Å².